The van der Waals surface area contributed by atoms with E-state index in [0.29, 0.717) is 12.8 Å². The first-order chi connectivity index (χ1) is 7.93. The highest BCUT2D eigenvalue weighted by Crippen LogP contribution is 2.23. The molecule has 0 heterocycles. The van der Waals surface area contributed by atoms with Crippen molar-refractivity contribution in [3.8, 4) is 0 Å². The standard InChI is InChI=1S/C12H23NO4/c1-3-6-12(17,7-4-2)9-10(14)13-8-5-11(15)16/h17H,3-9H2,1-2H3,(H,13,14)(H,15,16). The lowest BCUT2D eigenvalue weighted by atomic mass is 9.89. The SMILES string of the molecule is CCCC(O)(CCC)CC(=O)NCCC(=O)O. The molecule has 0 saturated heterocycles. The van der Waals surface area contributed by atoms with Crippen LogP contribution < -0.4 is 5.32 Å². The van der Waals surface area contributed by atoms with Crippen LogP contribution in [0.15, 0.2) is 0 Å². The molecule has 0 spiro atoms. The molecule has 5 heteroatoms. The van der Waals surface area contributed by atoms with E-state index in [-0.39, 0.29) is 25.3 Å². The van der Waals surface area contributed by atoms with Crippen molar-refractivity contribution in [3.63, 3.8) is 0 Å². The molecule has 1 amide bonds. The van der Waals surface area contributed by atoms with Gasteiger partial charge in [0.1, 0.15) is 0 Å². The molecule has 0 aromatic heterocycles. The van der Waals surface area contributed by atoms with E-state index in [0.717, 1.165) is 12.8 Å². The third-order valence-corrected chi connectivity index (χ3v) is 2.58. The number of nitrogens with one attached hydrogen (secondary N) is 1. The van der Waals surface area contributed by atoms with Gasteiger partial charge in [0.2, 0.25) is 5.91 Å². The van der Waals surface area contributed by atoms with Crippen molar-refractivity contribution in [3.05, 3.63) is 0 Å². The first-order valence-electron chi connectivity index (χ1n) is 6.14. The fourth-order valence-electron chi connectivity index (χ4n) is 1.90. The molecule has 0 aromatic rings. The summed E-state index contributed by atoms with van der Waals surface area (Å²) < 4.78 is 0. The van der Waals surface area contributed by atoms with Gasteiger partial charge in [0.05, 0.1) is 18.4 Å². The van der Waals surface area contributed by atoms with Crippen LogP contribution in [-0.4, -0.2) is 34.2 Å². The zero-order valence-corrected chi connectivity index (χ0v) is 10.7. The highest BCUT2D eigenvalue weighted by Gasteiger charge is 2.27. The molecule has 5 nitrogen and oxygen atoms in total. The van der Waals surface area contributed by atoms with Gasteiger partial charge in [-0.3, -0.25) is 9.59 Å². The summed E-state index contributed by atoms with van der Waals surface area (Å²) in [6.45, 7) is 4.04. The minimum atomic E-state index is -0.948. The summed E-state index contributed by atoms with van der Waals surface area (Å²) in [4.78, 5) is 21.8. The Balaban J connectivity index is 4.07. The molecule has 0 bridgehead atoms. The van der Waals surface area contributed by atoms with Gasteiger partial charge in [-0.05, 0) is 12.8 Å². The highest BCUT2D eigenvalue weighted by atomic mass is 16.4. The lowest BCUT2D eigenvalue weighted by Gasteiger charge is -2.26. The van der Waals surface area contributed by atoms with Crippen molar-refractivity contribution >= 4 is 11.9 Å². The molecule has 0 rings (SSSR count). The molecule has 3 N–H and O–H groups in total. The zero-order valence-electron chi connectivity index (χ0n) is 10.7. The summed E-state index contributed by atoms with van der Waals surface area (Å²) >= 11 is 0. The molecule has 100 valence electrons. The fourth-order valence-corrected chi connectivity index (χ4v) is 1.90. The number of aliphatic hydroxyl groups is 1. The second kappa shape index (κ2) is 8.06. The smallest absolute Gasteiger partial charge is 0.305 e. The van der Waals surface area contributed by atoms with Crippen LogP contribution in [0.5, 0.6) is 0 Å². The van der Waals surface area contributed by atoms with E-state index in [1.165, 1.54) is 0 Å². The second-order valence-corrected chi connectivity index (χ2v) is 4.39. The van der Waals surface area contributed by atoms with Gasteiger partial charge in [-0.15, -0.1) is 0 Å². The summed E-state index contributed by atoms with van der Waals surface area (Å²) in [6, 6.07) is 0. The van der Waals surface area contributed by atoms with Crippen molar-refractivity contribution < 1.29 is 19.8 Å². The third kappa shape index (κ3) is 7.74. The van der Waals surface area contributed by atoms with Gasteiger partial charge < -0.3 is 15.5 Å². The number of amides is 1. The Kier molecular flexibility index (Phi) is 7.54. The van der Waals surface area contributed by atoms with Crippen LogP contribution in [0.3, 0.4) is 0 Å². The first-order valence-corrected chi connectivity index (χ1v) is 6.14. The van der Waals surface area contributed by atoms with Gasteiger partial charge in [0.15, 0.2) is 0 Å². The molecule has 0 aliphatic heterocycles. The maximum absolute atomic E-state index is 11.5. The Morgan fingerprint density at radius 1 is 1.18 bits per heavy atom. The van der Waals surface area contributed by atoms with Crippen molar-refractivity contribution in [1.29, 1.82) is 0 Å². The number of carbonyl (C=O) groups is 2. The normalized spacial score (nSPS) is 11.2. The molecule has 0 saturated carbocycles. The van der Waals surface area contributed by atoms with Crippen LogP contribution in [0.4, 0.5) is 0 Å². The highest BCUT2D eigenvalue weighted by molar-refractivity contribution is 5.77. The first kappa shape index (κ1) is 15.9. The van der Waals surface area contributed by atoms with Crippen LogP contribution in [-0.2, 0) is 9.59 Å². The molecule has 17 heavy (non-hydrogen) atoms. The Morgan fingerprint density at radius 2 is 1.71 bits per heavy atom. The van der Waals surface area contributed by atoms with Gasteiger partial charge in [0, 0.05) is 6.54 Å². The van der Waals surface area contributed by atoms with Crippen LogP contribution in [0.25, 0.3) is 0 Å². The quantitative estimate of drug-likeness (QED) is 0.571. The van der Waals surface area contributed by atoms with Crippen molar-refractivity contribution in [2.24, 2.45) is 0 Å². The number of carbonyl (C=O) groups excluding carboxylic acids is 1. The van der Waals surface area contributed by atoms with Crippen LogP contribution in [0.2, 0.25) is 0 Å². The molecular weight excluding hydrogens is 222 g/mol. The average Bonchev–Trinajstić information content (AvgIpc) is 2.16. The molecule has 0 unspecified atom stereocenters. The molecule has 0 aliphatic carbocycles. The predicted molar refractivity (Wildman–Crippen MR) is 64.6 cm³/mol. The van der Waals surface area contributed by atoms with Crippen molar-refractivity contribution in [2.45, 2.75) is 58.0 Å². The number of aliphatic carboxylic acids is 1. The average molecular weight is 245 g/mol. The van der Waals surface area contributed by atoms with Crippen LogP contribution in [0, 0.1) is 0 Å². The van der Waals surface area contributed by atoms with Gasteiger partial charge in [-0.2, -0.15) is 0 Å². The number of hydrogen-bond acceptors (Lipinski definition) is 3. The molecular formula is C12H23NO4. The number of carboxylic acid groups (broad SMARTS) is 1. The molecule has 0 fully saturated rings. The van der Waals surface area contributed by atoms with Crippen LogP contribution >= 0.6 is 0 Å². The maximum Gasteiger partial charge on any atom is 0.305 e. The Bertz CT molecular complexity index is 247. The van der Waals surface area contributed by atoms with Gasteiger partial charge in [-0.1, -0.05) is 26.7 Å². The fraction of sp³-hybridized carbons (Fsp3) is 0.833. The van der Waals surface area contributed by atoms with Crippen molar-refractivity contribution in [2.75, 3.05) is 6.54 Å². The van der Waals surface area contributed by atoms with Crippen LogP contribution in [0.1, 0.15) is 52.4 Å². The summed E-state index contributed by atoms with van der Waals surface area (Å²) in [5.74, 6) is -1.22. The minimum absolute atomic E-state index is 0.0499. The maximum atomic E-state index is 11.5. The Labute approximate surface area is 102 Å². The number of carboxylic acids is 1. The van der Waals surface area contributed by atoms with E-state index in [1.807, 2.05) is 13.8 Å². The predicted octanol–water partition coefficient (Wildman–Crippen LogP) is 1.30. The third-order valence-electron chi connectivity index (χ3n) is 2.58. The lowest BCUT2D eigenvalue weighted by Crippen LogP contribution is -2.37. The summed E-state index contributed by atoms with van der Waals surface area (Å²) in [7, 11) is 0. The minimum Gasteiger partial charge on any atom is -0.481 e. The summed E-state index contributed by atoms with van der Waals surface area (Å²) in [6.07, 6.45) is 2.78. The topological polar surface area (TPSA) is 86.6 Å². The Hall–Kier alpha value is -1.10. The van der Waals surface area contributed by atoms with E-state index < -0.39 is 11.6 Å². The molecule has 0 radical (unpaired) electrons. The molecule has 0 aliphatic rings. The van der Waals surface area contributed by atoms with E-state index in [1.54, 1.807) is 0 Å². The largest absolute Gasteiger partial charge is 0.481 e. The molecule has 0 aromatic carbocycles. The van der Waals surface area contributed by atoms with Crippen molar-refractivity contribution in [1.82, 2.24) is 5.32 Å². The number of rotatable bonds is 9. The van der Waals surface area contributed by atoms with E-state index in [4.69, 9.17) is 5.11 Å². The summed E-state index contributed by atoms with van der Waals surface area (Å²) in [5.41, 5.74) is -0.948. The van der Waals surface area contributed by atoms with E-state index in [9.17, 15) is 14.7 Å². The van der Waals surface area contributed by atoms with Gasteiger partial charge in [-0.25, -0.2) is 0 Å². The zero-order chi connectivity index (χ0) is 13.3. The Morgan fingerprint density at radius 3 is 2.12 bits per heavy atom. The monoisotopic (exact) mass is 245 g/mol. The lowest BCUT2D eigenvalue weighted by molar-refractivity contribution is -0.137. The number of hydrogen-bond donors (Lipinski definition) is 3. The summed E-state index contributed by atoms with van der Waals surface area (Å²) in [5, 5.41) is 21.1. The van der Waals surface area contributed by atoms with Gasteiger partial charge in [0.25, 0.3) is 0 Å². The molecule has 0 atom stereocenters. The van der Waals surface area contributed by atoms with E-state index in [2.05, 4.69) is 5.32 Å². The van der Waals surface area contributed by atoms with E-state index >= 15 is 0 Å². The second-order valence-electron chi connectivity index (χ2n) is 4.39. The van der Waals surface area contributed by atoms with Gasteiger partial charge >= 0.3 is 5.97 Å².